The van der Waals surface area contributed by atoms with Gasteiger partial charge in [-0.15, -0.1) is 11.8 Å². The molecule has 0 radical (unpaired) electrons. The molecule has 1 aliphatic rings. The molecule has 1 aromatic carbocycles. The number of hydrogen-bond acceptors (Lipinski definition) is 8. The predicted octanol–water partition coefficient (Wildman–Crippen LogP) is 3.42. The SMILES string of the molecule is CCCC[C@@H]1NC(=O)[C@H](Cc2ccccc2)N(C)C(=O)CSC[C@H](C(=O)NC)N(C)C(=O)[C@H](CCCC)NC(=O)[C@H](CCCC)N(C)C(=O)[C@H](CCCC)NC1=O. The van der Waals surface area contributed by atoms with E-state index in [1.807, 2.05) is 58.0 Å². The molecule has 4 N–H and O–H groups in total. The minimum Gasteiger partial charge on any atom is -0.357 e. The molecular weight excluding hydrogens is 747 g/mol. The topological polar surface area (TPSA) is 177 Å². The number of carbonyl (C=O) groups is 7. The van der Waals surface area contributed by atoms with Crippen molar-refractivity contribution < 1.29 is 33.6 Å². The van der Waals surface area contributed by atoms with Gasteiger partial charge in [0.1, 0.15) is 36.3 Å². The Labute approximate surface area is 344 Å². The van der Waals surface area contributed by atoms with Crippen LogP contribution in [0.5, 0.6) is 0 Å². The Morgan fingerprint density at radius 3 is 1.67 bits per heavy atom. The Morgan fingerprint density at radius 1 is 0.649 bits per heavy atom. The van der Waals surface area contributed by atoms with Gasteiger partial charge in [-0.3, -0.25) is 33.6 Å². The highest BCUT2D eigenvalue weighted by molar-refractivity contribution is 8.00. The lowest BCUT2D eigenvalue weighted by Crippen LogP contribution is -2.60. The minimum absolute atomic E-state index is 0.0697. The van der Waals surface area contributed by atoms with Crippen molar-refractivity contribution >= 4 is 53.1 Å². The van der Waals surface area contributed by atoms with E-state index in [0.29, 0.717) is 51.4 Å². The van der Waals surface area contributed by atoms with Gasteiger partial charge in [-0.2, -0.15) is 0 Å². The van der Waals surface area contributed by atoms with Crippen molar-refractivity contribution in [2.75, 3.05) is 39.7 Å². The van der Waals surface area contributed by atoms with Crippen molar-refractivity contribution in [1.82, 2.24) is 36.0 Å². The minimum atomic E-state index is -0.988. The molecule has 0 bridgehead atoms. The van der Waals surface area contributed by atoms with Gasteiger partial charge in [0, 0.05) is 40.4 Å². The maximum absolute atomic E-state index is 14.3. The molecule has 0 aliphatic carbocycles. The number of amides is 7. The summed E-state index contributed by atoms with van der Waals surface area (Å²) in [6.07, 6.45) is 6.99. The third-order valence-corrected chi connectivity index (χ3v) is 11.7. The van der Waals surface area contributed by atoms with Crippen LogP contribution in [0, 0.1) is 0 Å². The molecule has 57 heavy (non-hydrogen) atoms. The summed E-state index contributed by atoms with van der Waals surface area (Å²) in [5.41, 5.74) is 0.816. The van der Waals surface area contributed by atoms with Crippen LogP contribution in [0.3, 0.4) is 0 Å². The Kier molecular flexibility index (Phi) is 22.3. The first-order valence-corrected chi connectivity index (χ1v) is 21.9. The summed E-state index contributed by atoms with van der Waals surface area (Å²) in [7, 11) is 6.08. The fraction of sp³-hybridized carbons (Fsp3) is 0.690. The number of rotatable bonds is 15. The van der Waals surface area contributed by atoms with Crippen molar-refractivity contribution in [2.45, 2.75) is 147 Å². The molecule has 6 atom stereocenters. The van der Waals surface area contributed by atoms with Gasteiger partial charge in [0.25, 0.3) is 0 Å². The maximum atomic E-state index is 14.3. The van der Waals surface area contributed by atoms with Gasteiger partial charge in [-0.25, -0.2) is 0 Å². The lowest BCUT2D eigenvalue weighted by molar-refractivity contribution is -0.145. The van der Waals surface area contributed by atoms with Crippen LogP contribution in [-0.4, -0.2) is 132 Å². The highest BCUT2D eigenvalue weighted by Crippen LogP contribution is 2.18. The van der Waals surface area contributed by atoms with Crippen LogP contribution in [0.25, 0.3) is 0 Å². The van der Waals surface area contributed by atoms with E-state index in [1.165, 1.54) is 28.8 Å². The number of hydrogen-bond donors (Lipinski definition) is 4. The number of thioether (sulfide) groups is 1. The van der Waals surface area contributed by atoms with Gasteiger partial charge in [0.05, 0.1) is 5.75 Å². The van der Waals surface area contributed by atoms with Crippen LogP contribution in [0.15, 0.2) is 30.3 Å². The summed E-state index contributed by atoms with van der Waals surface area (Å²) in [5.74, 6) is -3.26. The normalized spacial score (nSPS) is 24.0. The number of nitrogens with zero attached hydrogens (tertiary/aromatic N) is 3. The molecule has 0 saturated carbocycles. The molecule has 0 unspecified atom stereocenters. The van der Waals surface area contributed by atoms with Crippen LogP contribution < -0.4 is 21.3 Å². The zero-order valence-corrected chi connectivity index (χ0v) is 36.4. The van der Waals surface area contributed by atoms with E-state index in [4.69, 9.17) is 0 Å². The molecule has 1 saturated heterocycles. The van der Waals surface area contributed by atoms with E-state index >= 15 is 0 Å². The summed E-state index contributed by atoms with van der Waals surface area (Å²) in [5, 5.41) is 11.4. The zero-order valence-electron chi connectivity index (χ0n) is 35.6. The molecular formula is C42H69N7O7S. The molecule has 320 valence electrons. The maximum Gasteiger partial charge on any atom is 0.245 e. The van der Waals surface area contributed by atoms with Gasteiger partial charge in [-0.1, -0.05) is 109 Å². The molecule has 7 amide bonds. The van der Waals surface area contributed by atoms with Gasteiger partial charge in [0.2, 0.25) is 41.4 Å². The van der Waals surface area contributed by atoms with Gasteiger partial charge < -0.3 is 36.0 Å². The molecule has 0 spiro atoms. The van der Waals surface area contributed by atoms with Crippen molar-refractivity contribution in [1.29, 1.82) is 0 Å². The van der Waals surface area contributed by atoms with Crippen molar-refractivity contribution in [2.24, 2.45) is 0 Å². The summed E-state index contributed by atoms with van der Waals surface area (Å²) < 4.78 is 0. The average molecular weight is 816 g/mol. The molecule has 1 fully saturated rings. The highest BCUT2D eigenvalue weighted by atomic mass is 32.2. The average Bonchev–Trinajstić information content (AvgIpc) is 3.21. The van der Waals surface area contributed by atoms with Gasteiger partial charge in [0.15, 0.2) is 0 Å². The van der Waals surface area contributed by atoms with Crippen LogP contribution >= 0.6 is 11.8 Å². The lowest BCUT2D eigenvalue weighted by Gasteiger charge is -2.34. The van der Waals surface area contributed by atoms with Crippen LogP contribution in [-0.2, 0) is 40.0 Å². The quantitative estimate of drug-likeness (QED) is 0.208. The number of nitrogens with one attached hydrogen (secondary N) is 4. The predicted molar refractivity (Wildman–Crippen MR) is 225 cm³/mol. The van der Waals surface area contributed by atoms with Crippen molar-refractivity contribution in [3.63, 3.8) is 0 Å². The number of likely N-dealkylation sites (N-methyl/N-ethyl adjacent to an activating group) is 4. The first kappa shape index (κ1) is 49.0. The second-order valence-corrected chi connectivity index (χ2v) is 16.1. The highest BCUT2D eigenvalue weighted by Gasteiger charge is 2.38. The lowest BCUT2D eigenvalue weighted by atomic mass is 10.0. The summed E-state index contributed by atoms with van der Waals surface area (Å²) in [4.78, 5) is 102. The van der Waals surface area contributed by atoms with Crippen molar-refractivity contribution in [3.05, 3.63) is 35.9 Å². The molecule has 15 heteroatoms. The molecule has 1 aromatic rings. The van der Waals surface area contributed by atoms with E-state index in [1.54, 1.807) is 14.1 Å². The third-order valence-electron chi connectivity index (χ3n) is 10.7. The summed E-state index contributed by atoms with van der Waals surface area (Å²) in [6, 6.07) is 3.46. The fourth-order valence-electron chi connectivity index (χ4n) is 6.82. The first-order chi connectivity index (χ1) is 27.2. The second kappa shape index (κ2) is 26.0. The Balaban J connectivity index is 2.72. The molecule has 1 heterocycles. The summed E-state index contributed by atoms with van der Waals surface area (Å²) >= 11 is 1.16. The number of carbonyl (C=O) groups excluding carboxylic acids is 7. The second-order valence-electron chi connectivity index (χ2n) is 15.0. The number of unbranched alkanes of at least 4 members (excludes halogenated alkanes) is 4. The molecule has 0 aromatic heterocycles. The van der Waals surface area contributed by atoms with E-state index in [-0.39, 0.29) is 23.8 Å². The standard InChI is InChI=1S/C42H69N7O7S/c1-9-13-22-30-37(51)45-31(23-14-10-2)41(55)48(7)33(25-16-12-4)39(53)46-32(24-15-11-3)42(56)49(8)35(38(52)43-5)27-57-28-36(50)47(6)34(40(54)44-30)26-29-20-18-17-19-21-29/h17-21,30-35H,9-16,22-28H2,1-8H3,(H,43,52)(H,44,54)(H,45,51)(H,46,53)/t30-,31-,32-,33-,34-,35+/m0/s1. The number of benzene rings is 1. The van der Waals surface area contributed by atoms with Gasteiger partial charge in [-0.05, 0) is 31.2 Å². The first-order valence-electron chi connectivity index (χ1n) is 20.8. The molecule has 14 nitrogen and oxygen atoms in total. The summed E-state index contributed by atoms with van der Waals surface area (Å²) in [6.45, 7) is 7.92. The molecule has 2 rings (SSSR count). The Bertz CT molecular complexity index is 1470. The molecule has 1 aliphatic heterocycles. The zero-order chi connectivity index (χ0) is 42.5. The van der Waals surface area contributed by atoms with Crippen LogP contribution in [0.4, 0.5) is 0 Å². The van der Waals surface area contributed by atoms with E-state index in [2.05, 4.69) is 21.3 Å². The largest absolute Gasteiger partial charge is 0.357 e. The van der Waals surface area contributed by atoms with Crippen LogP contribution in [0.2, 0.25) is 0 Å². The van der Waals surface area contributed by atoms with E-state index < -0.39 is 71.7 Å². The third kappa shape index (κ3) is 15.3. The van der Waals surface area contributed by atoms with E-state index in [9.17, 15) is 33.6 Å². The van der Waals surface area contributed by atoms with Crippen LogP contribution in [0.1, 0.15) is 110 Å². The monoisotopic (exact) mass is 815 g/mol. The Morgan fingerprint density at radius 2 is 1.12 bits per heavy atom. The smallest absolute Gasteiger partial charge is 0.245 e. The van der Waals surface area contributed by atoms with Crippen molar-refractivity contribution in [3.8, 4) is 0 Å². The van der Waals surface area contributed by atoms with Gasteiger partial charge >= 0.3 is 0 Å². The van der Waals surface area contributed by atoms with E-state index in [0.717, 1.165) is 43.0 Å². The Hall–Kier alpha value is -4.14. The fourth-order valence-corrected chi connectivity index (χ4v) is 7.91.